The third-order valence-electron chi connectivity index (χ3n) is 4.74. The Hall–Kier alpha value is -3.12. The van der Waals surface area contributed by atoms with Crippen molar-refractivity contribution in [2.24, 2.45) is 0 Å². The maximum absolute atomic E-state index is 3.33. The van der Waals surface area contributed by atoms with Crippen molar-refractivity contribution in [3.05, 3.63) is 97.1 Å². The van der Waals surface area contributed by atoms with Crippen molar-refractivity contribution in [2.45, 2.75) is 0 Å². The molecule has 0 saturated heterocycles. The zero-order valence-corrected chi connectivity index (χ0v) is 13.2. The Morgan fingerprint density at radius 2 is 1.17 bits per heavy atom. The summed E-state index contributed by atoms with van der Waals surface area (Å²) in [5, 5.41) is 7.58. The highest BCUT2D eigenvalue weighted by molar-refractivity contribution is 6.08. The Balaban J connectivity index is 1.77. The first-order valence-corrected chi connectivity index (χ1v) is 8.21. The number of rotatable bonds is 1. The topological polar surface area (TPSA) is 0 Å². The molecule has 0 aliphatic heterocycles. The molecule has 5 rings (SSSR count). The van der Waals surface area contributed by atoms with Gasteiger partial charge in [0.2, 0.25) is 0 Å². The number of benzene rings is 5. The first-order valence-electron chi connectivity index (χ1n) is 8.21. The molecule has 0 saturated carbocycles. The SMILES string of the molecule is [c]1cccc2ccc(-c3ccc4ccc5ccccc5c4c3)cc12. The molecule has 0 amide bonds. The van der Waals surface area contributed by atoms with Gasteiger partial charge in [0.25, 0.3) is 0 Å². The summed E-state index contributed by atoms with van der Waals surface area (Å²) < 4.78 is 0. The molecule has 111 valence electrons. The van der Waals surface area contributed by atoms with Gasteiger partial charge in [0.15, 0.2) is 0 Å². The van der Waals surface area contributed by atoms with Crippen molar-refractivity contribution in [2.75, 3.05) is 0 Å². The molecule has 0 N–H and O–H groups in total. The molecule has 0 unspecified atom stereocenters. The highest BCUT2D eigenvalue weighted by Gasteiger charge is 2.04. The summed E-state index contributed by atoms with van der Waals surface area (Å²) in [5.41, 5.74) is 2.48. The number of hydrogen-bond acceptors (Lipinski definition) is 0. The minimum absolute atomic E-state index is 1.16. The minimum atomic E-state index is 1.16. The Bertz CT molecular complexity index is 1200. The van der Waals surface area contributed by atoms with E-state index in [0.29, 0.717) is 0 Å². The minimum Gasteiger partial charge on any atom is -0.0616 e. The fourth-order valence-electron chi connectivity index (χ4n) is 3.48. The van der Waals surface area contributed by atoms with Gasteiger partial charge in [0.1, 0.15) is 0 Å². The van der Waals surface area contributed by atoms with Crippen LogP contribution in [0.15, 0.2) is 91.0 Å². The van der Waals surface area contributed by atoms with E-state index < -0.39 is 0 Å². The molecule has 0 heteroatoms. The highest BCUT2D eigenvalue weighted by atomic mass is 14.1. The van der Waals surface area contributed by atoms with Gasteiger partial charge < -0.3 is 0 Å². The van der Waals surface area contributed by atoms with Crippen molar-refractivity contribution in [3.63, 3.8) is 0 Å². The van der Waals surface area contributed by atoms with Gasteiger partial charge in [0.05, 0.1) is 0 Å². The predicted molar refractivity (Wildman–Crippen MR) is 103 cm³/mol. The van der Waals surface area contributed by atoms with E-state index in [1.165, 1.54) is 38.1 Å². The van der Waals surface area contributed by atoms with Crippen LogP contribution in [0.25, 0.3) is 43.4 Å². The molecule has 0 aliphatic carbocycles. The first-order chi connectivity index (χ1) is 11.9. The summed E-state index contributed by atoms with van der Waals surface area (Å²) >= 11 is 0. The zero-order chi connectivity index (χ0) is 15.9. The van der Waals surface area contributed by atoms with Crippen LogP contribution in [0.4, 0.5) is 0 Å². The Morgan fingerprint density at radius 1 is 0.500 bits per heavy atom. The van der Waals surface area contributed by atoms with Gasteiger partial charge in [-0.2, -0.15) is 0 Å². The lowest BCUT2D eigenvalue weighted by molar-refractivity contribution is 1.68. The molecule has 0 spiro atoms. The van der Waals surface area contributed by atoms with Gasteiger partial charge in [-0.05, 0) is 61.6 Å². The zero-order valence-electron chi connectivity index (χ0n) is 13.2. The van der Waals surface area contributed by atoms with Crippen LogP contribution >= 0.6 is 0 Å². The van der Waals surface area contributed by atoms with Gasteiger partial charge in [-0.3, -0.25) is 0 Å². The van der Waals surface area contributed by atoms with E-state index in [9.17, 15) is 0 Å². The molecule has 0 heterocycles. The van der Waals surface area contributed by atoms with Crippen LogP contribution in [0.5, 0.6) is 0 Å². The van der Waals surface area contributed by atoms with Gasteiger partial charge in [-0.1, -0.05) is 78.9 Å². The second kappa shape index (κ2) is 5.21. The van der Waals surface area contributed by atoms with E-state index in [1.807, 2.05) is 12.1 Å². The lowest BCUT2D eigenvalue weighted by Crippen LogP contribution is -1.82. The van der Waals surface area contributed by atoms with Crippen molar-refractivity contribution in [3.8, 4) is 11.1 Å². The van der Waals surface area contributed by atoms with Crippen LogP contribution in [0.2, 0.25) is 0 Å². The molecule has 1 radical (unpaired) electrons. The van der Waals surface area contributed by atoms with Crippen LogP contribution in [-0.2, 0) is 0 Å². The van der Waals surface area contributed by atoms with Crippen molar-refractivity contribution >= 4 is 32.3 Å². The van der Waals surface area contributed by atoms with Crippen LogP contribution in [0, 0.1) is 6.07 Å². The molecule has 0 bridgehead atoms. The van der Waals surface area contributed by atoms with Gasteiger partial charge in [-0.15, -0.1) is 0 Å². The second-order valence-corrected chi connectivity index (χ2v) is 6.19. The Labute approximate surface area is 141 Å². The monoisotopic (exact) mass is 303 g/mol. The highest BCUT2D eigenvalue weighted by Crippen LogP contribution is 2.31. The van der Waals surface area contributed by atoms with Gasteiger partial charge >= 0.3 is 0 Å². The molecule has 0 atom stereocenters. The largest absolute Gasteiger partial charge is 0.0616 e. The lowest BCUT2D eigenvalue weighted by atomic mass is 9.96. The molecule has 0 aromatic heterocycles. The predicted octanol–water partition coefficient (Wildman–Crippen LogP) is 6.61. The second-order valence-electron chi connectivity index (χ2n) is 6.19. The average Bonchev–Trinajstić information content (AvgIpc) is 2.67. The summed E-state index contributed by atoms with van der Waals surface area (Å²) in [6, 6.07) is 35.8. The van der Waals surface area contributed by atoms with E-state index >= 15 is 0 Å². The molecule has 0 aliphatic rings. The summed E-state index contributed by atoms with van der Waals surface area (Å²) in [7, 11) is 0. The third kappa shape index (κ3) is 2.08. The summed E-state index contributed by atoms with van der Waals surface area (Å²) in [5.74, 6) is 0. The van der Waals surface area contributed by atoms with Gasteiger partial charge in [-0.25, -0.2) is 0 Å². The van der Waals surface area contributed by atoms with E-state index in [-0.39, 0.29) is 0 Å². The number of fused-ring (bicyclic) bond motifs is 4. The van der Waals surface area contributed by atoms with E-state index in [1.54, 1.807) is 0 Å². The quantitative estimate of drug-likeness (QED) is 0.305. The lowest BCUT2D eigenvalue weighted by Gasteiger charge is -2.08. The molecule has 0 fully saturated rings. The van der Waals surface area contributed by atoms with Crippen molar-refractivity contribution < 1.29 is 0 Å². The van der Waals surface area contributed by atoms with E-state index in [0.717, 1.165) is 5.39 Å². The summed E-state index contributed by atoms with van der Waals surface area (Å²) in [6.45, 7) is 0. The fraction of sp³-hybridized carbons (Fsp3) is 0. The fourth-order valence-corrected chi connectivity index (χ4v) is 3.48. The molecular formula is C24H15. The Kier molecular flexibility index (Phi) is 2.89. The first kappa shape index (κ1) is 13.3. The van der Waals surface area contributed by atoms with Crippen molar-refractivity contribution in [1.29, 1.82) is 0 Å². The van der Waals surface area contributed by atoms with Crippen LogP contribution in [0.3, 0.4) is 0 Å². The van der Waals surface area contributed by atoms with E-state index in [4.69, 9.17) is 0 Å². The van der Waals surface area contributed by atoms with E-state index in [2.05, 4.69) is 84.9 Å². The smallest absolute Gasteiger partial charge is 0.00990 e. The maximum atomic E-state index is 3.33. The summed E-state index contributed by atoms with van der Waals surface area (Å²) in [6.07, 6.45) is 0. The molecule has 24 heavy (non-hydrogen) atoms. The third-order valence-corrected chi connectivity index (χ3v) is 4.74. The normalized spacial score (nSPS) is 11.3. The maximum Gasteiger partial charge on any atom is -0.00990 e. The standard InChI is InChI=1S/C24H15/c1-2-7-20-15-21(13-9-17(20)5-1)22-14-12-19-11-10-18-6-3-4-8-23(18)24(19)16-22/h1-6,8-16H. The average molecular weight is 303 g/mol. The van der Waals surface area contributed by atoms with Gasteiger partial charge in [0, 0.05) is 0 Å². The van der Waals surface area contributed by atoms with Crippen LogP contribution < -0.4 is 0 Å². The molecule has 5 aromatic carbocycles. The van der Waals surface area contributed by atoms with Crippen LogP contribution in [-0.4, -0.2) is 0 Å². The number of hydrogen-bond donors (Lipinski definition) is 0. The molecular weight excluding hydrogens is 288 g/mol. The molecule has 0 nitrogen and oxygen atoms in total. The summed E-state index contributed by atoms with van der Waals surface area (Å²) in [4.78, 5) is 0. The van der Waals surface area contributed by atoms with Crippen LogP contribution in [0.1, 0.15) is 0 Å². The molecule has 5 aromatic rings. The van der Waals surface area contributed by atoms with Crippen molar-refractivity contribution in [1.82, 2.24) is 0 Å². The Morgan fingerprint density at radius 3 is 2.08 bits per heavy atom.